The maximum Gasteiger partial charge on any atom is 0.191 e. The Morgan fingerprint density at radius 3 is 3.07 bits per heavy atom. The highest BCUT2D eigenvalue weighted by molar-refractivity contribution is 5.08. The molecule has 1 aromatic heterocycles. The van der Waals surface area contributed by atoms with Gasteiger partial charge < -0.3 is 5.32 Å². The fraction of sp³-hybridized carbons (Fsp3) is 0.750. The highest BCUT2D eigenvalue weighted by Crippen LogP contribution is 2.25. The molecule has 2 N–H and O–H groups in total. The number of aromatic amines is 1. The average molecular weight is 192 g/mol. The molecule has 0 amide bonds. The summed E-state index contributed by atoms with van der Waals surface area (Å²) in [5.74, 6) is 0.592. The van der Waals surface area contributed by atoms with Gasteiger partial charge in [0.1, 0.15) is 5.92 Å². The summed E-state index contributed by atoms with van der Waals surface area (Å²) < 4.78 is 0. The molecule has 1 aliphatic heterocycles. The molecule has 1 saturated heterocycles. The van der Waals surface area contributed by atoms with Gasteiger partial charge in [0, 0.05) is 0 Å². The Balaban J connectivity index is 2.09. The molecule has 0 aromatic carbocycles. The van der Waals surface area contributed by atoms with Crippen LogP contribution in [-0.2, 0) is 0 Å². The van der Waals surface area contributed by atoms with E-state index in [0.717, 1.165) is 25.9 Å². The summed E-state index contributed by atoms with van der Waals surface area (Å²) in [4.78, 5) is 0. The molecule has 6 heteroatoms. The van der Waals surface area contributed by atoms with Gasteiger partial charge in [-0.3, -0.25) is 0 Å². The smallest absolute Gasteiger partial charge is 0.191 e. The van der Waals surface area contributed by atoms with Gasteiger partial charge in [-0.2, -0.15) is 10.5 Å². The zero-order valence-corrected chi connectivity index (χ0v) is 7.77. The normalized spacial score (nSPS) is 24.1. The van der Waals surface area contributed by atoms with Gasteiger partial charge in [0.15, 0.2) is 5.82 Å². The third kappa shape index (κ3) is 1.72. The summed E-state index contributed by atoms with van der Waals surface area (Å²) >= 11 is 0. The first-order chi connectivity index (χ1) is 6.92. The van der Waals surface area contributed by atoms with Crippen molar-refractivity contribution in [3.63, 3.8) is 0 Å². The molecule has 14 heavy (non-hydrogen) atoms. The van der Waals surface area contributed by atoms with Crippen molar-refractivity contribution in [2.45, 2.75) is 18.8 Å². The van der Waals surface area contributed by atoms with Gasteiger partial charge in [0.05, 0.1) is 6.07 Å². The van der Waals surface area contributed by atoms with Crippen molar-refractivity contribution in [1.29, 1.82) is 5.26 Å². The molecule has 2 rings (SSSR count). The van der Waals surface area contributed by atoms with Crippen LogP contribution in [-0.4, -0.2) is 33.7 Å². The van der Waals surface area contributed by atoms with Crippen molar-refractivity contribution in [3.8, 4) is 6.07 Å². The van der Waals surface area contributed by atoms with Gasteiger partial charge in [-0.05, 0) is 31.8 Å². The molecular formula is C8H12N6. The minimum absolute atomic E-state index is 0.235. The van der Waals surface area contributed by atoms with Crippen molar-refractivity contribution in [1.82, 2.24) is 25.9 Å². The Bertz CT molecular complexity index is 307. The fourth-order valence-corrected chi connectivity index (χ4v) is 1.84. The maximum atomic E-state index is 9.05. The highest BCUT2D eigenvalue weighted by Gasteiger charge is 2.27. The van der Waals surface area contributed by atoms with Crippen LogP contribution in [0.4, 0.5) is 0 Å². The number of nitrogens with one attached hydrogen (secondary N) is 2. The fourth-order valence-electron chi connectivity index (χ4n) is 1.84. The standard InChI is InChI=1S/C8H12N6/c9-4-7(8-11-13-14-12-8)6-2-1-3-10-5-6/h6-7,10H,1-3,5H2,(H,11,12,13,14)/t6-,7-/m0/s1. The summed E-state index contributed by atoms with van der Waals surface area (Å²) in [7, 11) is 0. The van der Waals surface area contributed by atoms with E-state index >= 15 is 0 Å². The molecule has 1 fully saturated rings. The van der Waals surface area contributed by atoms with Crippen LogP contribution in [0.25, 0.3) is 0 Å². The topological polar surface area (TPSA) is 90.3 Å². The van der Waals surface area contributed by atoms with Crippen LogP contribution in [0.1, 0.15) is 24.6 Å². The molecule has 0 unspecified atom stereocenters. The van der Waals surface area contributed by atoms with Crippen LogP contribution in [0.5, 0.6) is 0 Å². The van der Waals surface area contributed by atoms with E-state index in [1.165, 1.54) is 0 Å². The number of piperidine rings is 1. The predicted molar refractivity (Wildman–Crippen MR) is 48.1 cm³/mol. The monoisotopic (exact) mass is 192 g/mol. The summed E-state index contributed by atoms with van der Waals surface area (Å²) in [6.45, 7) is 1.91. The number of hydrogen-bond acceptors (Lipinski definition) is 5. The summed E-state index contributed by atoms with van der Waals surface area (Å²) in [5, 5.41) is 25.9. The second-order valence-electron chi connectivity index (χ2n) is 3.48. The van der Waals surface area contributed by atoms with Gasteiger partial charge in [-0.15, -0.1) is 10.2 Å². The number of H-pyrrole nitrogens is 1. The largest absolute Gasteiger partial charge is 0.316 e. The Hall–Kier alpha value is -1.48. The molecule has 0 spiro atoms. The predicted octanol–water partition coefficient (Wildman–Crippen LogP) is -0.194. The molecular weight excluding hydrogens is 180 g/mol. The molecule has 0 bridgehead atoms. The molecule has 2 atom stereocenters. The molecule has 1 aliphatic rings. The van der Waals surface area contributed by atoms with Crippen molar-refractivity contribution in [2.75, 3.05) is 13.1 Å². The van der Waals surface area contributed by atoms with Gasteiger partial charge in [-0.25, -0.2) is 0 Å². The van der Waals surface area contributed by atoms with Gasteiger partial charge in [0.2, 0.25) is 0 Å². The third-order valence-corrected chi connectivity index (χ3v) is 2.59. The first-order valence-electron chi connectivity index (χ1n) is 4.75. The van der Waals surface area contributed by atoms with Crippen molar-refractivity contribution in [3.05, 3.63) is 5.82 Å². The molecule has 74 valence electrons. The summed E-state index contributed by atoms with van der Waals surface area (Å²) in [6.07, 6.45) is 2.17. The van der Waals surface area contributed by atoms with Crippen LogP contribution in [0.15, 0.2) is 0 Å². The minimum Gasteiger partial charge on any atom is -0.316 e. The van der Waals surface area contributed by atoms with Crippen LogP contribution < -0.4 is 5.32 Å². The van der Waals surface area contributed by atoms with Crippen LogP contribution in [0, 0.1) is 17.2 Å². The molecule has 0 radical (unpaired) electrons. The van der Waals surface area contributed by atoms with E-state index in [9.17, 15) is 0 Å². The SMILES string of the molecule is N#C[C@H](c1nn[nH]n1)[C@H]1CCCNC1. The lowest BCUT2D eigenvalue weighted by molar-refractivity contribution is 0.348. The summed E-state index contributed by atoms with van der Waals surface area (Å²) in [5.41, 5.74) is 0. The van der Waals surface area contributed by atoms with E-state index in [-0.39, 0.29) is 5.92 Å². The maximum absolute atomic E-state index is 9.05. The number of nitriles is 1. The van der Waals surface area contributed by atoms with Crippen LogP contribution in [0.3, 0.4) is 0 Å². The van der Waals surface area contributed by atoms with E-state index in [1.807, 2.05) is 0 Å². The van der Waals surface area contributed by atoms with Crippen molar-refractivity contribution >= 4 is 0 Å². The number of aromatic nitrogens is 4. The number of nitrogens with zero attached hydrogens (tertiary/aromatic N) is 4. The Labute approximate surface area is 81.7 Å². The molecule has 0 saturated carbocycles. The second kappa shape index (κ2) is 4.15. The van der Waals surface area contributed by atoms with Gasteiger partial charge >= 0.3 is 0 Å². The van der Waals surface area contributed by atoms with Crippen LogP contribution >= 0.6 is 0 Å². The lowest BCUT2D eigenvalue weighted by Crippen LogP contribution is -2.33. The highest BCUT2D eigenvalue weighted by atomic mass is 15.5. The lowest BCUT2D eigenvalue weighted by atomic mass is 9.87. The third-order valence-electron chi connectivity index (χ3n) is 2.59. The first kappa shape index (κ1) is 9.09. The van der Waals surface area contributed by atoms with E-state index in [4.69, 9.17) is 5.26 Å². The van der Waals surface area contributed by atoms with Crippen molar-refractivity contribution < 1.29 is 0 Å². The van der Waals surface area contributed by atoms with E-state index in [1.54, 1.807) is 0 Å². The average Bonchev–Trinajstić information content (AvgIpc) is 2.74. The Morgan fingerprint density at radius 2 is 2.50 bits per heavy atom. The van der Waals surface area contributed by atoms with Crippen molar-refractivity contribution in [2.24, 2.45) is 5.92 Å². The van der Waals surface area contributed by atoms with Crippen LogP contribution in [0.2, 0.25) is 0 Å². The second-order valence-corrected chi connectivity index (χ2v) is 3.48. The van der Waals surface area contributed by atoms with E-state index < -0.39 is 0 Å². The quantitative estimate of drug-likeness (QED) is 0.677. The molecule has 0 aliphatic carbocycles. The zero-order valence-electron chi connectivity index (χ0n) is 7.77. The van der Waals surface area contributed by atoms with E-state index in [2.05, 4.69) is 32.0 Å². The zero-order chi connectivity index (χ0) is 9.80. The van der Waals surface area contributed by atoms with Gasteiger partial charge in [-0.1, -0.05) is 5.21 Å². The van der Waals surface area contributed by atoms with Gasteiger partial charge in [0.25, 0.3) is 0 Å². The first-order valence-corrected chi connectivity index (χ1v) is 4.75. The number of tetrazole rings is 1. The lowest BCUT2D eigenvalue weighted by Gasteiger charge is -2.24. The molecule has 1 aromatic rings. The summed E-state index contributed by atoms with van der Waals surface area (Å²) in [6, 6.07) is 2.25. The van der Waals surface area contributed by atoms with E-state index in [0.29, 0.717) is 11.7 Å². The number of rotatable bonds is 2. The number of hydrogen-bond donors (Lipinski definition) is 2. The molecule has 2 heterocycles. The minimum atomic E-state index is -0.235. The Kier molecular flexibility index (Phi) is 2.70. The molecule has 6 nitrogen and oxygen atoms in total. The Morgan fingerprint density at radius 1 is 1.57 bits per heavy atom.